The van der Waals surface area contributed by atoms with Crippen LogP contribution in [0.3, 0.4) is 0 Å². The van der Waals surface area contributed by atoms with Crippen molar-refractivity contribution < 1.29 is 4.79 Å². The number of anilines is 2. The minimum Gasteiger partial charge on any atom is -0.348 e. The molecule has 0 radical (unpaired) electrons. The van der Waals surface area contributed by atoms with Crippen LogP contribution in [0.2, 0.25) is 0 Å². The Kier molecular flexibility index (Phi) is 5.64. The Morgan fingerprint density at radius 1 is 1.08 bits per heavy atom. The lowest BCUT2D eigenvalue weighted by atomic mass is 9.95. The number of carbonyl (C=O) groups excluding carboxylic acids is 1. The van der Waals surface area contributed by atoms with Crippen LogP contribution in [0.4, 0.5) is 11.5 Å². The van der Waals surface area contributed by atoms with Gasteiger partial charge in [-0.3, -0.25) is 4.79 Å². The van der Waals surface area contributed by atoms with E-state index < -0.39 is 0 Å². The first-order chi connectivity index (χ1) is 12.1. The Bertz CT molecular complexity index is 706. The second-order valence-corrected chi connectivity index (χ2v) is 7.00. The molecule has 25 heavy (non-hydrogen) atoms. The highest BCUT2D eigenvalue weighted by Gasteiger charge is 2.17. The summed E-state index contributed by atoms with van der Waals surface area (Å²) >= 11 is 0. The Morgan fingerprint density at radius 3 is 2.48 bits per heavy atom. The molecule has 1 aromatic heterocycles. The third kappa shape index (κ3) is 4.78. The van der Waals surface area contributed by atoms with E-state index in [2.05, 4.69) is 46.6 Å². The summed E-state index contributed by atoms with van der Waals surface area (Å²) in [4.78, 5) is 20.7. The van der Waals surface area contributed by atoms with Crippen LogP contribution in [0.5, 0.6) is 0 Å². The molecule has 1 aliphatic rings. The van der Waals surface area contributed by atoms with Crippen molar-refractivity contribution >= 4 is 17.4 Å². The van der Waals surface area contributed by atoms with E-state index in [1.54, 1.807) is 6.07 Å². The molecule has 5 nitrogen and oxygen atoms in total. The van der Waals surface area contributed by atoms with Gasteiger partial charge in [0.05, 0.1) is 0 Å². The molecule has 0 bridgehead atoms. The van der Waals surface area contributed by atoms with Crippen molar-refractivity contribution in [2.24, 2.45) is 0 Å². The smallest absolute Gasteiger partial charge is 0.270 e. The second kappa shape index (κ2) is 8.10. The van der Waals surface area contributed by atoms with Crippen molar-refractivity contribution in [2.75, 3.05) is 5.32 Å². The monoisotopic (exact) mass is 338 g/mol. The number of carbonyl (C=O) groups is 1. The molecule has 0 aliphatic heterocycles. The van der Waals surface area contributed by atoms with Crippen LogP contribution in [-0.2, 0) is 0 Å². The van der Waals surface area contributed by atoms with Crippen molar-refractivity contribution in [1.29, 1.82) is 0 Å². The van der Waals surface area contributed by atoms with E-state index in [9.17, 15) is 4.79 Å². The zero-order valence-electron chi connectivity index (χ0n) is 15.0. The number of hydrogen-bond donors (Lipinski definition) is 2. The molecule has 1 heterocycles. The first-order valence-corrected chi connectivity index (χ1v) is 9.12. The van der Waals surface area contributed by atoms with Gasteiger partial charge in [0.1, 0.15) is 17.8 Å². The van der Waals surface area contributed by atoms with Crippen LogP contribution in [0.15, 0.2) is 36.7 Å². The molecule has 0 atom stereocenters. The first-order valence-electron chi connectivity index (χ1n) is 9.12. The van der Waals surface area contributed by atoms with Crippen LogP contribution in [-0.4, -0.2) is 21.9 Å². The average molecular weight is 338 g/mol. The Hall–Kier alpha value is -2.43. The Labute approximate surface area is 149 Å². The maximum absolute atomic E-state index is 12.4. The van der Waals surface area contributed by atoms with Gasteiger partial charge in [-0.15, -0.1) is 0 Å². The van der Waals surface area contributed by atoms with Crippen molar-refractivity contribution in [3.8, 4) is 0 Å². The largest absolute Gasteiger partial charge is 0.348 e. The molecule has 2 aromatic rings. The van der Waals surface area contributed by atoms with Crippen molar-refractivity contribution in [1.82, 2.24) is 15.3 Å². The predicted octanol–water partition coefficient (Wildman–Crippen LogP) is 4.41. The molecule has 1 fully saturated rings. The standard InChI is InChI=1S/C20H26N4O/c1-14(2)15-8-10-17(11-9-15)23-19-12-18(21-13-22-19)20(25)24-16-6-4-3-5-7-16/h8-14,16H,3-7H2,1-2H3,(H,24,25)(H,21,22,23). The van der Waals surface area contributed by atoms with E-state index in [0.29, 0.717) is 17.4 Å². The van der Waals surface area contributed by atoms with Crippen LogP contribution in [0.25, 0.3) is 0 Å². The van der Waals surface area contributed by atoms with E-state index in [0.717, 1.165) is 18.5 Å². The number of aromatic nitrogens is 2. The van der Waals surface area contributed by atoms with Gasteiger partial charge < -0.3 is 10.6 Å². The van der Waals surface area contributed by atoms with E-state index in [1.807, 2.05) is 12.1 Å². The minimum atomic E-state index is -0.118. The highest BCUT2D eigenvalue weighted by atomic mass is 16.1. The molecule has 1 aliphatic carbocycles. The number of nitrogens with zero attached hydrogens (tertiary/aromatic N) is 2. The normalized spacial score (nSPS) is 15.2. The topological polar surface area (TPSA) is 66.9 Å². The fourth-order valence-electron chi connectivity index (χ4n) is 3.16. The van der Waals surface area contributed by atoms with E-state index in [-0.39, 0.29) is 11.9 Å². The second-order valence-electron chi connectivity index (χ2n) is 7.00. The van der Waals surface area contributed by atoms with Gasteiger partial charge in [-0.25, -0.2) is 9.97 Å². The molecule has 5 heteroatoms. The van der Waals surface area contributed by atoms with E-state index >= 15 is 0 Å². The summed E-state index contributed by atoms with van der Waals surface area (Å²) in [5.41, 5.74) is 2.64. The number of rotatable bonds is 5. The molecule has 0 spiro atoms. The fraction of sp³-hybridized carbons (Fsp3) is 0.450. The van der Waals surface area contributed by atoms with Gasteiger partial charge in [-0.1, -0.05) is 45.2 Å². The third-order valence-corrected chi connectivity index (χ3v) is 4.69. The molecule has 1 saturated carbocycles. The number of benzene rings is 1. The minimum absolute atomic E-state index is 0.118. The van der Waals surface area contributed by atoms with Crippen LogP contribution >= 0.6 is 0 Å². The van der Waals surface area contributed by atoms with Gasteiger partial charge in [0.25, 0.3) is 5.91 Å². The summed E-state index contributed by atoms with van der Waals surface area (Å²) in [7, 11) is 0. The zero-order chi connectivity index (χ0) is 17.6. The first kappa shape index (κ1) is 17.4. The molecule has 0 saturated heterocycles. The average Bonchev–Trinajstić information content (AvgIpc) is 2.63. The van der Waals surface area contributed by atoms with Gasteiger partial charge in [0, 0.05) is 17.8 Å². The maximum Gasteiger partial charge on any atom is 0.270 e. The maximum atomic E-state index is 12.4. The molecular formula is C20H26N4O. The lowest BCUT2D eigenvalue weighted by Gasteiger charge is -2.22. The third-order valence-electron chi connectivity index (χ3n) is 4.69. The van der Waals surface area contributed by atoms with Gasteiger partial charge >= 0.3 is 0 Å². The lowest BCUT2D eigenvalue weighted by molar-refractivity contribution is 0.0922. The summed E-state index contributed by atoms with van der Waals surface area (Å²) in [6.07, 6.45) is 7.19. The highest BCUT2D eigenvalue weighted by Crippen LogP contribution is 2.20. The van der Waals surface area contributed by atoms with Crippen molar-refractivity contribution in [3.63, 3.8) is 0 Å². The number of nitrogens with one attached hydrogen (secondary N) is 2. The summed E-state index contributed by atoms with van der Waals surface area (Å²) < 4.78 is 0. The number of amides is 1. The number of hydrogen-bond acceptors (Lipinski definition) is 4. The van der Waals surface area contributed by atoms with Crippen molar-refractivity contribution in [3.05, 3.63) is 47.9 Å². The highest BCUT2D eigenvalue weighted by molar-refractivity contribution is 5.93. The van der Waals surface area contributed by atoms with Crippen molar-refractivity contribution in [2.45, 2.75) is 57.9 Å². The molecule has 2 N–H and O–H groups in total. The summed E-state index contributed by atoms with van der Waals surface area (Å²) in [6.45, 7) is 4.34. The molecule has 3 rings (SSSR count). The quantitative estimate of drug-likeness (QED) is 0.847. The van der Waals surface area contributed by atoms with Crippen LogP contribution < -0.4 is 10.6 Å². The van der Waals surface area contributed by atoms with Gasteiger partial charge in [-0.05, 0) is 36.5 Å². The SMILES string of the molecule is CC(C)c1ccc(Nc2cc(C(=O)NC3CCCCC3)ncn2)cc1. The fourth-order valence-corrected chi connectivity index (χ4v) is 3.16. The summed E-state index contributed by atoms with van der Waals surface area (Å²) in [6, 6.07) is 10.2. The molecule has 132 valence electrons. The van der Waals surface area contributed by atoms with Crippen LogP contribution in [0, 0.1) is 0 Å². The van der Waals surface area contributed by atoms with Crippen LogP contribution in [0.1, 0.15) is 67.9 Å². The predicted molar refractivity (Wildman–Crippen MR) is 100 cm³/mol. The van der Waals surface area contributed by atoms with Gasteiger partial charge in [-0.2, -0.15) is 0 Å². The van der Waals surface area contributed by atoms with E-state index in [1.165, 1.54) is 31.2 Å². The zero-order valence-corrected chi connectivity index (χ0v) is 15.0. The Morgan fingerprint density at radius 2 is 1.80 bits per heavy atom. The van der Waals surface area contributed by atoms with Gasteiger partial charge in [0.2, 0.25) is 0 Å². The lowest BCUT2D eigenvalue weighted by Crippen LogP contribution is -2.36. The molecule has 1 aromatic carbocycles. The van der Waals surface area contributed by atoms with E-state index in [4.69, 9.17) is 0 Å². The Balaban J connectivity index is 1.65. The molecule has 0 unspecified atom stereocenters. The molecule has 1 amide bonds. The van der Waals surface area contributed by atoms with Gasteiger partial charge in [0.15, 0.2) is 0 Å². The molecular weight excluding hydrogens is 312 g/mol. The summed E-state index contributed by atoms with van der Waals surface area (Å²) in [5, 5.41) is 6.33. The summed E-state index contributed by atoms with van der Waals surface area (Å²) in [5.74, 6) is 1.01.